The van der Waals surface area contributed by atoms with E-state index in [9.17, 15) is 4.39 Å². The fourth-order valence-corrected chi connectivity index (χ4v) is 1.95. The first-order valence-electron chi connectivity index (χ1n) is 5.50. The largest absolute Gasteiger partial charge is 0.389 e. The van der Waals surface area contributed by atoms with Crippen LogP contribution in [0, 0.1) is 11.7 Å². The molecule has 86 valence electrons. The summed E-state index contributed by atoms with van der Waals surface area (Å²) in [6.07, 6.45) is 3.78. The number of nitrogens with one attached hydrogen (secondary N) is 1. The number of thiocarbonyl (C=S) groups is 1. The van der Waals surface area contributed by atoms with Crippen LogP contribution < -0.4 is 11.1 Å². The average molecular weight is 238 g/mol. The Kier molecular flexibility index (Phi) is 3.39. The Labute approximate surface area is 100 Å². The van der Waals surface area contributed by atoms with Crippen LogP contribution >= 0.6 is 12.2 Å². The second-order valence-electron chi connectivity index (χ2n) is 4.19. The normalized spacial score (nSPS) is 14.8. The molecule has 0 aromatic heterocycles. The van der Waals surface area contributed by atoms with Gasteiger partial charge in [0.25, 0.3) is 0 Å². The van der Waals surface area contributed by atoms with Crippen LogP contribution in [0.4, 0.5) is 10.1 Å². The van der Waals surface area contributed by atoms with Gasteiger partial charge in [0.15, 0.2) is 0 Å². The SMILES string of the molecule is NC(=S)c1c(F)cccc1NCCC1CC1. The zero-order valence-electron chi connectivity index (χ0n) is 9.00. The lowest BCUT2D eigenvalue weighted by Gasteiger charge is -2.11. The van der Waals surface area contributed by atoms with Crippen molar-refractivity contribution in [2.45, 2.75) is 19.3 Å². The van der Waals surface area contributed by atoms with E-state index in [4.69, 9.17) is 18.0 Å². The van der Waals surface area contributed by atoms with Crippen LogP contribution in [0.5, 0.6) is 0 Å². The summed E-state index contributed by atoms with van der Waals surface area (Å²) in [7, 11) is 0. The van der Waals surface area contributed by atoms with Crippen molar-refractivity contribution in [3.05, 3.63) is 29.6 Å². The first-order valence-corrected chi connectivity index (χ1v) is 5.91. The summed E-state index contributed by atoms with van der Waals surface area (Å²) in [6.45, 7) is 0.851. The zero-order chi connectivity index (χ0) is 11.5. The molecule has 1 aromatic carbocycles. The zero-order valence-corrected chi connectivity index (χ0v) is 9.82. The average Bonchev–Trinajstić information content (AvgIpc) is 3.01. The Morgan fingerprint density at radius 3 is 2.88 bits per heavy atom. The third-order valence-electron chi connectivity index (χ3n) is 2.82. The van der Waals surface area contributed by atoms with E-state index in [-0.39, 0.29) is 10.8 Å². The maximum absolute atomic E-state index is 13.5. The van der Waals surface area contributed by atoms with Gasteiger partial charge in [0.1, 0.15) is 10.8 Å². The van der Waals surface area contributed by atoms with E-state index in [0.29, 0.717) is 11.3 Å². The number of anilines is 1. The third kappa shape index (κ3) is 2.70. The van der Waals surface area contributed by atoms with Gasteiger partial charge in [-0.15, -0.1) is 0 Å². The minimum absolute atomic E-state index is 0.104. The van der Waals surface area contributed by atoms with E-state index in [1.54, 1.807) is 6.07 Å². The van der Waals surface area contributed by atoms with E-state index >= 15 is 0 Å². The molecule has 2 nitrogen and oxygen atoms in total. The highest BCUT2D eigenvalue weighted by atomic mass is 32.1. The molecule has 1 aliphatic rings. The molecule has 0 atom stereocenters. The highest BCUT2D eigenvalue weighted by Crippen LogP contribution is 2.32. The Hall–Kier alpha value is -1.16. The molecule has 0 heterocycles. The number of rotatable bonds is 5. The van der Waals surface area contributed by atoms with Crippen molar-refractivity contribution in [3.8, 4) is 0 Å². The van der Waals surface area contributed by atoms with Crippen LogP contribution in [0.15, 0.2) is 18.2 Å². The lowest BCUT2D eigenvalue weighted by atomic mass is 10.1. The van der Waals surface area contributed by atoms with E-state index < -0.39 is 0 Å². The molecule has 1 aromatic rings. The first kappa shape index (κ1) is 11.3. The van der Waals surface area contributed by atoms with Crippen molar-refractivity contribution in [1.29, 1.82) is 0 Å². The second-order valence-corrected chi connectivity index (χ2v) is 4.63. The smallest absolute Gasteiger partial charge is 0.135 e. The van der Waals surface area contributed by atoms with Gasteiger partial charge in [-0.05, 0) is 24.5 Å². The third-order valence-corrected chi connectivity index (χ3v) is 3.03. The Morgan fingerprint density at radius 1 is 1.50 bits per heavy atom. The summed E-state index contributed by atoms with van der Waals surface area (Å²) in [5, 5.41) is 3.20. The van der Waals surface area contributed by atoms with Gasteiger partial charge in [0.05, 0.1) is 5.56 Å². The van der Waals surface area contributed by atoms with Crippen molar-refractivity contribution < 1.29 is 4.39 Å². The lowest BCUT2D eigenvalue weighted by molar-refractivity contribution is 0.625. The predicted molar refractivity (Wildman–Crippen MR) is 68.1 cm³/mol. The molecule has 1 saturated carbocycles. The maximum atomic E-state index is 13.5. The molecule has 0 aliphatic heterocycles. The molecule has 1 aliphatic carbocycles. The van der Waals surface area contributed by atoms with Gasteiger partial charge in [0, 0.05) is 12.2 Å². The Morgan fingerprint density at radius 2 is 2.25 bits per heavy atom. The van der Waals surface area contributed by atoms with Crippen LogP contribution in [-0.4, -0.2) is 11.5 Å². The molecule has 16 heavy (non-hydrogen) atoms. The summed E-state index contributed by atoms with van der Waals surface area (Å²) in [5.74, 6) is 0.498. The predicted octanol–water partition coefficient (Wildman–Crippen LogP) is 2.67. The molecule has 0 spiro atoms. The van der Waals surface area contributed by atoms with Gasteiger partial charge < -0.3 is 11.1 Å². The molecule has 0 unspecified atom stereocenters. The van der Waals surface area contributed by atoms with Crippen LogP contribution in [0.3, 0.4) is 0 Å². The van der Waals surface area contributed by atoms with Gasteiger partial charge in [-0.1, -0.05) is 31.1 Å². The van der Waals surface area contributed by atoms with E-state index in [1.807, 2.05) is 6.07 Å². The number of hydrogen-bond acceptors (Lipinski definition) is 2. The number of benzene rings is 1. The summed E-state index contributed by atoms with van der Waals surface area (Å²) in [5.41, 5.74) is 6.54. The lowest BCUT2D eigenvalue weighted by Crippen LogP contribution is -2.16. The van der Waals surface area contributed by atoms with E-state index in [1.165, 1.54) is 18.9 Å². The van der Waals surface area contributed by atoms with Crippen LogP contribution in [0.25, 0.3) is 0 Å². The summed E-state index contributed by atoms with van der Waals surface area (Å²) >= 11 is 4.85. The molecule has 0 amide bonds. The molecule has 3 N–H and O–H groups in total. The van der Waals surface area contributed by atoms with E-state index in [2.05, 4.69) is 5.32 Å². The Bertz CT molecular complexity index is 402. The fraction of sp³-hybridized carbons (Fsp3) is 0.417. The topological polar surface area (TPSA) is 38.0 Å². The maximum Gasteiger partial charge on any atom is 0.135 e. The molecule has 1 fully saturated rings. The van der Waals surface area contributed by atoms with Crippen LogP contribution in [0.1, 0.15) is 24.8 Å². The minimum Gasteiger partial charge on any atom is -0.389 e. The molecular formula is C12H15FN2S. The molecule has 0 bridgehead atoms. The van der Waals surface area contributed by atoms with Gasteiger partial charge in [-0.2, -0.15) is 0 Å². The highest BCUT2D eigenvalue weighted by molar-refractivity contribution is 7.80. The standard InChI is InChI=1S/C12H15FN2S/c13-9-2-1-3-10(11(9)12(14)16)15-7-6-8-4-5-8/h1-3,8,15H,4-7H2,(H2,14,16). The highest BCUT2D eigenvalue weighted by Gasteiger charge is 2.20. The molecule has 0 radical (unpaired) electrons. The van der Waals surface area contributed by atoms with Gasteiger partial charge >= 0.3 is 0 Å². The summed E-state index contributed by atoms with van der Waals surface area (Å²) in [6, 6.07) is 4.85. The summed E-state index contributed by atoms with van der Waals surface area (Å²) in [4.78, 5) is 0.104. The monoisotopic (exact) mass is 238 g/mol. The van der Waals surface area contributed by atoms with E-state index in [0.717, 1.165) is 18.9 Å². The molecule has 0 saturated heterocycles. The molecule has 2 rings (SSSR count). The van der Waals surface area contributed by atoms with Crippen LogP contribution in [-0.2, 0) is 0 Å². The molecule has 4 heteroatoms. The second kappa shape index (κ2) is 4.78. The van der Waals surface area contributed by atoms with Crippen molar-refractivity contribution in [1.82, 2.24) is 0 Å². The van der Waals surface area contributed by atoms with Crippen molar-refractivity contribution in [2.24, 2.45) is 11.7 Å². The summed E-state index contributed by atoms with van der Waals surface area (Å²) < 4.78 is 13.5. The number of halogens is 1. The minimum atomic E-state index is -0.357. The van der Waals surface area contributed by atoms with Gasteiger partial charge in [-0.25, -0.2) is 4.39 Å². The van der Waals surface area contributed by atoms with Crippen molar-refractivity contribution in [2.75, 3.05) is 11.9 Å². The fourth-order valence-electron chi connectivity index (χ4n) is 1.74. The van der Waals surface area contributed by atoms with Crippen LogP contribution in [0.2, 0.25) is 0 Å². The Balaban J connectivity index is 2.05. The van der Waals surface area contributed by atoms with Gasteiger partial charge in [0.2, 0.25) is 0 Å². The van der Waals surface area contributed by atoms with Crippen molar-refractivity contribution in [3.63, 3.8) is 0 Å². The quantitative estimate of drug-likeness (QED) is 0.775. The van der Waals surface area contributed by atoms with Crippen molar-refractivity contribution >= 4 is 22.9 Å². The molecular weight excluding hydrogens is 223 g/mol. The van der Waals surface area contributed by atoms with Gasteiger partial charge in [-0.3, -0.25) is 0 Å². The first-order chi connectivity index (χ1) is 7.68. The number of nitrogens with two attached hydrogens (primary N) is 1. The number of hydrogen-bond donors (Lipinski definition) is 2.